The Balaban J connectivity index is 1.68. The van der Waals surface area contributed by atoms with Crippen LogP contribution in [-0.2, 0) is 7.05 Å². The number of benzene rings is 2. The second-order valence-electron chi connectivity index (χ2n) is 7.14. The Morgan fingerprint density at radius 3 is 2.42 bits per heavy atom. The molecule has 31 heavy (non-hydrogen) atoms. The molecule has 8 heteroatoms. The Morgan fingerprint density at radius 1 is 0.871 bits per heavy atom. The van der Waals surface area contributed by atoms with E-state index in [1.165, 1.54) is 4.68 Å². The van der Waals surface area contributed by atoms with E-state index in [4.69, 9.17) is 4.42 Å². The average molecular weight is 411 g/mol. The lowest BCUT2D eigenvalue weighted by molar-refractivity contribution is 0.583. The minimum atomic E-state index is -0.685. The molecule has 0 bridgehead atoms. The van der Waals surface area contributed by atoms with Crippen LogP contribution in [0, 0.1) is 6.92 Å². The van der Waals surface area contributed by atoms with Crippen molar-refractivity contribution in [3.05, 3.63) is 93.1 Å². The minimum Gasteiger partial charge on any atom is -0.453 e. The van der Waals surface area contributed by atoms with Crippen molar-refractivity contribution in [3.63, 3.8) is 0 Å². The van der Waals surface area contributed by atoms with Crippen LogP contribution in [0.25, 0.3) is 40.1 Å². The van der Waals surface area contributed by atoms with E-state index < -0.39 is 11.2 Å². The van der Waals surface area contributed by atoms with Crippen LogP contribution in [0.4, 0.5) is 0 Å². The van der Waals surface area contributed by atoms with Gasteiger partial charge in [-0.2, -0.15) is 4.98 Å². The monoisotopic (exact) mass is 411 g/mol. The number of rotatable bonds is 3. The van der Waals surface area contributed by atoms with Crippen molar-refractivity contribution >= 4 is 0 Å². The summed E-state index contributed by atoms with van der Waals surface area (Å²) in [5.41, 5.74) is 1.26. The van der Waals surface area contributed by atoms with E-state index in [-0.39, 0.29) is 17.3 Å². The molecule has 152 valence electrons. The molecule has 0 N–H and O–H groups in total. The summed E-state index contributed by atoms with van der Waals surface area (Å²) in [7, 11) is 1.61. The van der Waals surface area contributed by atoms with Gasteiger partial charge in [-0.25, -0.2) is 19.0 Å². The van der Waals surface area contributed by atoms with Gasteiger partial charge in [0.2, 0.25) is 5.82 Å². The Hall–Kier alpha value is -4.33. The largest absolute Gasteiger partial charge is 0.453 e. The highest BCUT2D eigenvalue weighted by atomic mass is 16.3. The highest BCUT2D eigenvalue weighted by molar-refractivity contribution is 5.63. The van der Waals surface area contributed by atoms with E-state index in [9.17, 15) is 9.59 Å². The van der Waals surface area contributed by atoms with Crippen molar-refractivity contribution in [2.45, 2.75) is 6.92 Å². The standard InChI is InChI=1S/C23H17N5O3/c1-14-7-6-8-15(13-14)17-11-12-18(31-17)20-24-19-21(27(2)26-20)25-23(30)28(22(19)29)16-9-4-3-5-10-16/h3-13H,1-2H3. The van der Waals surface area contributed by atoms with Gasteiger partial charge in [-0.05, 0) is 37.3 Å². The maximum absolute atomic E-state index is 13.1. The molecule has 0 aliphatic carbocycles. The van der Waals surface area contributed by atoms with Crippen LogP contribution in [0.5, 0.6) is 0 Å². The van der Waals surface area contributed by atoms with E-state index in [1.807, 2.05) is 37.3 Å². The number of para-hydroxylation sites is 1. The Labute approximate surface area is 176 Å². The number of nitrogens with zero attached hydrogens (tertiary/aromatic N) is 5. The molecular formula is C23H17N5O3. The zero-order valence-electron chi connectivity index (χ0n) is 16.8. The van der Waals surface area contributed by atoms with Gasteiger partial charge < -0.3 is 4.42 Å². The first-order valence-electron chi connectivity index (χ1n) is 9.62. The van der Waals surface area contributed by atoms with Crippen LogP contribution < -0.4 is 11.2 Å². The molecule has 0 radical (unpaired) electrons. The zero-order chi connectivity index (χ0) is 21.5. The van der Waals surface area contributed by atoms with Gasteiger partial charge in [-0.3, -0.25) is 4.79 Å². The van der Waals surface area contributed by atoms with Crippen molar-refractivity contribution in [1.82, 2.24) is 24.3 Å². The van der Waals surface area contributed by atoms with Gasteiger partial charge in [0.05, 0.1) is 5.69 Å². The maximum Gasteiger partial charge on any atom is 0.357 e. The van der Waals surface area contributed by atoms with Gasteiger partial charge in [0, 0.05) is 12.6 Å². The molecule has 3 aromatic rings. The summed E-state index contributed by atoms with van der Waals surface area (Å²) in [6.07, 6.45) is 0. The van der Waals surface area contributed by atoms with E-state index >= 15 is 0 Å². The molecule has 0 fully saturated rings. The molecule has 0 unspecified atom stereocenters. The molecule has 0 saturated carbocycles. The van der Waals surface area contributed by atoms with Gasteiger partial charge in [-0.15, -0.1) is 5.10 Å². The van der Waals surface area contributed by atoms with Crippen molar-refractivity contribution in [3.8, 4) is 40.1 Å². The molecule has 2 aliphatic rings. The molecule has 0 saturated heterocycles. The van der Waals surface area contributed by atoms with E-state index in [2.05, 4.69) is 15.1 Å². The topological polar surface area (TPSA) is 95.8 Å². The number of furan rings is 1. The van der Waals surface area contributed by atoms with Crippen molar-refractivity contribution < 1.29 is 4.42 Å². The number of hydrogen-bond donors (Lipinski definition) is 0. The van der Waals surface area contributed by atoms with E-state index in [1.54, 1.807) is 43.4 Å². The van der Waals surface area contributed by atoms with Crippen molar-refractivity contribution in [2.75, 3.05) is 0 Å². The lowest BCUT2D eigenvalue weighted by Crippen LogP contribution is -2.37. The van der Waals surface area contributed by atoms with Gasteiger partial charge in [0.25, 0.3) is 5.56 Å². The number of hydrogen-bond acceptors (Lipinski definition) is 6. The molecule has 3 heterocycles. The summed E-state index contributed by atoms with van der Waals surface area (Å²) < 4.78 is 8.33. The van der Waals surface area contributed by atoms with Crippen LogP contribution in [0.2, 0.25) is 0 Å². The van der Waals surface area contributed by atoms with Gasteiger partial charge in [-0.1, -0.05) is 42.0 Å². The highest BCUT2D eigenvalue weighted by Gasteiger charge is 2.22. The van der Waals surface area contributed by atoms with Crippen LogP contribution in [-0.4, -0.2) is 24.3 Å². The molecule has 0 spiro atoms. The lowest BCUT2D eigenvalue weighted by atomic mass is 10.1. The second kappa shape index (κ2) is 7.17. The van der Waals surface area contributed by atoms with E-state index in [0.29, 0.717) is 17.2 Å². The van der Waals surface area contributed by atoms with Crippen molar-refractivity contribution in [2.24, 2.45) is 7.05 Å². The van der Waals surface area contributed by atoms with Crippen LogP contribution in [0.15, 0.2) is 80.7 Å². The summed E-state index contributed by atoms with van der Waals surface area (Å²) in [4.78, 5) is 34.1. The van der Waals surface area contributed by atoms with Crippen LogP contribution in [0.3, 0.4) is 0 Å². The first-order chi connectivity index (χ1) is 15.0. The third kappa shape index (κ3) is 3.24. The third-order valence-corrected chi connectivity index (χ3v) is 4.92. The summed E-state index contributed by atoms with van der Waals surface area (Å²) in [5, 5.41) is 4.34. The predicted molar refractivity (Wildman–Crippen MR) is 115 cm³/mol. The summed E-state index contributed by atoms with van der Waals surface area (Å²) >= 11 is 0. The second-order valence-corrected chi connectivity index (χ2v) is 7.14. The Morgan fingerprint density at radius 2 is 1.65 bits per heavy atom. The lowest BCUT2D eigenvalue weighted by Gasteiger charge is -2.12. The SMILES string of the molecule is Cc1cccc(-c2ccc(-c3nc4c(=O)n(-c5ccccc5)c(=O)nc-4n(C)n3)o2)c1. The van der Waals surface area contributed by atoms with Crippen LogP contribution >= 0.6 is 0 Å². The number of aromatic nitrogens is 5. The molecule has 1 aromatic heterocycles. The van der Waals surface area contributed by atoms with Gasteiger partial charge in [0.1, 0.15) is 5.76 Å². The normalized spacial score (nSPS) is 11.2. The summed E-state index contributed by atoms with van der Waals surface area (Å²) in [6, 6.07) is 20.1. The molecule has 5 rings (SSSR count). The number of aryl methyl sites for hydroxylation is 2. The fraction of sp³-hybridized carbons (Fsp3) is 0.0870. The number of fused-ring (bicyclic) bond motifs is 1. The maximum atomic E-state index is 13.1. The van der Waals surface area contributed by atoms with Crippen molar-refractivity contribution in [1.29, 1.82) is 0 Å². The first-order valence-corrected chi connectivity index (χ1v) is 9.62. The highest BCUT2D eigenvalue weighted by Crippen LogP contribution is 2.28. The fourth-order valence-electron chi connectivity index (χ4n) is 3.44. The molecule has 2 aliphatic heterocycles. The zero-order valence-corrected chi connectivity index (χ0v) is 16.8. The molecule has 0 atom stereocenters. The fourth-order valence-corrected chi connectivity index (χ4v) is 3.44. The molecule has 8 nitrogen and oxygen atoms in total. The third-order valence-electron chi connectivity index (χ3n) is 4.92. The predicted octanol–water partition coefficient (Wildman–Crippen LogP) is 3.06. The van der Waals surface area contributed by atoms with Crippen LogP contribution in [0.1, 0.15) is 5.56 Å². The van der Waals surface area contributed by atoms with Gasteiger partial charge >= 0.3 is 5.69 Å². The van der Waals surface area contributed by atoms with Gasteiger partial charge in [0.15, 0.2) is 17.3 Å². The molecule has 2 aromatic carbocycles. The smallest absolute Gasteiger partial charge is 0.357 e. The molecular weight excluding hydrogens is 394 g/mol. The summed E-state index contributed by atoms with van der Waals surface area (Å²) in [6.45, 7) is 2.01. The minimum absolute atomic E-state index is 0.0319. The average Bonchev–Trinajstić information content (AvgIpc) is 3.26. The molecule has 0 amide bonds. The first kappa shape index (κ1) is 18.7. The quantitative estimate of drug-likeness (QED) is 0.453. The Bertz CT molecular complexity index is 1500. The summed E-state index contributed by atoms with van der Waals surface area (Å²) in [5.74, 6) is 1.41. The Kier molecular flexibility index (Phi) is 4.32. The van der Waals surface area contributed by atoms with E-state index in [0.717, 1.165) is 15.7 Å².